The van der Waals surface area contributed by atoms with Gasteiger partial charge in [-0.15, -0.1) is 0 Å². The van der Waals surface area contributed by atoms with E-state index in [0.717, 1.165) is 42.4 Å². The fourth-order valence-electron chi connectivity index (χ4n) is 8.43. The topological polar surface area (TPSA) is 82.1 Å². The molecule has 258 valence electrons. The molecule has 6 nitrogen and oxygen atoms in total. The number of hydrogen-bond donors (Lipinski definition) is 1. The van der Waals surface area contributed by atoms with Crippen LogP contribution in [0.25, 0.3) is 0 Å². The van der Waals surface area contributed by atoms with Gasteiger partial charge in [0, 0.05) is 13.0 Å². The molecule has 0 amide bonds. The highest BCUT2D eigenvalue weighted by molar-refractivity contribution is 5.88. The second kappa shape index (κ2) is 21.3. The number of aliphatic hydroxyl groups is 1. The van der Waals surface area contributed by atoms with Crippen molar-refractivity contribution in [3.05, 3.63) is 24.3 Å². The fourth-order valence-corrected chi connectivity index (χ4v) is 8.43. The van der Waals surface area contributed by atoms with E-state index in [0.29, 0.717) is 5.92 Å². The largest absolute Gasteiger partial charge is 0.462 e. The third-order valence-electron chi connectivity index (χ3n) is 11.6. The number of unbranched alkanes of at least 4 members (excludes halogenated alkanes) is 2. The number of esters is 2. The number of hydrogen-bond acceptors (Lipinski definition) is 6. The first-order chi connectivity index (χ1) is 21.8. The van der Waals surface area contributed by atoms with Gasteiger partial charge >= 0.3 is 11.9 Å². The van der Waals surface area contributed by atoms with Gasteiger partial charge in [-0.25, -0.2) is 9.59 Å². The molecule has 1 N–H and O–H groups in total. The van der Waals surface area contributed by atoms with Gasteiger partial charge in [0.2, 0.25) is 0 Å². The van der Waals surface area contributed by atoms with E-state index < -0.39 is 18.5 Å². The monoisotopic (exact) mass is 630 g/mol. The van der Waals surface area contributed by atoms with E-state index in [1.54, 1.807) is 0 Å². The van der Waals surface area contributed by atoms with Gasteiger partial charge in [-0.2, -0.15) is 0 Å². The Bertz CT molecular complexity index is 874. The second-order valence-corrected chi connectivity index (χ2v) is 15.0. The molecule has 3 fully saturated rings. The Labute approximate surface area is 275 Å². The Morgan fingerprint density at radius 2 is 1.11 bits per heavy atom. The van der Waals surface area contributed by atoms with Gasteiger partial charge in [-0.3, -0.25) is 0 Å². The molecule has 0 aromatic rings. The molecule has 3 aliphatic carbocycles. The van der Waals surface area contributed by atoms with Crippen molar-refractivity contribution < 1.29 is 28.9 Å². The van der Waals surface area contributed by atoms with Gasteiger partial charge in [-0.05, 0) is 74.0 Å². The summed E-state index contributed by atoms with van der Waals surface area (Å²) < 4.78 is 15.8. The Hall–Kier alpha value is -1.66. The molecule has 3 aliphatic rings. The van der Waals surface area contributed by atoms with E-state index >= 15 is 0 Å². The zero-order chi connectivity index (χ0) is 32.4. The summed E-state index contributed by atoms with van der Waals surface area (Å²) in [5.41, 5.74) is 0.298. The van der Waals surface area contributed by atoms with Crippen LogP contribution in [0.1, 0.15) is 135 Å². The Morgan fingerprint density at radius 3 is 1.58 bits per heavy atom. The van der Waals surface area contributed by atoms with Crippen LogP contribution in [0.15, 0.2) is 24.3 Å². The molecule has 3 saturated carbocycles. The van der Waals surface area contributed by atoms with Gasteiger partial charge in [0.1, 0.15) is 0 Å². The maximum absolute atomic E-state index is 12.2. The molecular weight excluding hydrogens is 564 g/mol. The van der Waals surface area contributed by atoms with Crippen molar-refractivity contribution in [1.82, 2.24) is 0 Å². The lowest BCUT2D eigenvalue weighted by Crippen LogP contribution is -2.27. The highest BCUT2D eigenvalue weighted by Crippen LogP contribution is 2.44. The van der Waals surface area contributed by atoms with Crippen LogP contribution in [0.2, 0.25) is 0 Å². The summed E-state index contributed by atoms with van der Waals surface area (Å²) in [5.74, 6) is 4.30. The fraction of sp³-hybridized carbons (Fsp3) is 0.846. The van der Waals surface area contributed by atoms with Crippen LogP contribution in [0, 0.1) is 41.4 Å². The number of carbonyl (C=O) groups is 2. The van der Waals surface area contributed by atoms with Crippen molar-refractivity contribution in [3.8, 4) is 0 Å². The molecule has 1 unspecified atom stereocenters. The average Bonchev–Trinajstić information content (AvgIpc) is 3.07. The predicted octanol–water partition coefficient (Wildman–Crippen LogP) is 9.00. The molecule has 0 saturated heterocycles. The minimum absolute atomic E-state index is 0.0296. The van der Waals surface area contributed by atoms with Crippen molar-refractivity contribution in [2.45, 2.75) is 135 Å². The first kappa shape index (κ1) is 37.8. The maximum Gasteiger partial charge on any atom is 0.335 e. The Balaban J connectivity index is 1.32. The number of methoxy groups -OCH3 is 1. The van der Waals surface area contributed by atoms with Crippen LogP contribution >= 0.6 is 0 Å². The molecule has 0 aromatic carbocycles. The SMILES string of the molecule is C=C(CO)C(=O)OCC(CCC1CCC(C2CCC(CCC3CCC(CCCCC)CC3)CC2)CC1)COC(=O)C(=C)COC. The summed E-state index contributed by atoms with van der Waals surface area (Å²) >= 11 is 0. The lowest BCUT2D eigenvalue weighted by molar-refractivity contribution is -0.145. The van der Waals surface area contributed by atoms with Gasteiger partial charge in [-0.1, -0.05) is 110 Å². The van der Waals surface area contributed by atoms with E-state index in [1.807, 2.05) is 0 Å². The molecule has 0 heterocycles. The quantitative estimate of drug-likeness (QED) is 0.0821. The molecule has 0 aromatic heterocycles. The van der Waals surface area contributed by atoms with Gasteiger partial charge in [0.15, 0.2) is 0 Å². The smallest absolute Gasteiger partial charge is 0.335 e. The van der Waals surface area contributed by atoms with E-state index in [4.69, 9.17) is 14.2 Å². The molecule has 0 radical (unpaired) electrons. The standard InChI is InChI=1S/C39H66O6/c1-5-6-7-8-31-9-11-32(12-10-31)13-14-33-17-21-36(22-18-33)37-23-19-34(20-24-37)15-16-35(27-44-38(41)29(2)25-40)28-45-39(42)30(3)26-43-4/h31-37,40H,2-3,5-28H2,1,4H3. The van der Waals surface area contributed by atoms with Crippen molar-refractivity contribution in [3.63, 3.8) is 0 Å². The summed E-state index contributed by atoms with van der Waals surface area (Å²) in [6.07, 6.45) is 27.5. The first-order valence-corrected chi connectivity index (χ1v) is 18.6. The van der Waals surface area contributed by atoms with Crippen molar-refractivity contribution in [2.24, 2.45) is 41.4 Å². The van der Waals surface area contributed by atoms with Crippen LogP contribution in [-0.4, -0.2) is 50.6 Å². The number of aliphatic hydroxyl groups excluding tert-OH is 1. The van der Waals surface area contributed by atoms with Crippen LogP contribution in [0.4, 0.5) is 0 Å². The summed E-state index contributed by atoms with van der Waals surface area (Å²) in [6, 6.07) is 0. The van der Waals surface area contributed by atoms with E-state index in [2.05, 4.69) is 20.1 Å². The molecule has 45 heavy (non-hydrogen) atoms. The minimum Gasteiger partial charge on any atom is -0.462 e. The second-order valence-electron chi connectivity index (χ2n) is 15.0. The summed E-state index contributed by atoms with van der Waals surface area (Å²) in [5, 5.41) is 9.18. The maximum atomic E-state index is 12.2. The third kappa shape index (κ3) is 13.9. The highest BCUT2D eigenvalue weighted by atomic mass is 16.5. The van der Waals surface area contributed by atoms with E-state index in [9.17, 15) is 14.7 Å². The lowest BCUT2D eigenvalue weighted by Gasteiger charge is -2.38. The lowest BCUT2D eigenvalue weighted by atomic mass is 9.67. The summed E-state index contributed by atoms with van der Waals surface area (Å²) in [4.78, 5) is 24.3. The van der Waals surface area contributed by atoms with E-state index in [-0.39, 0.29) is 36.9 Å². The van der Waals surface area contributed by atoms with Crippen molar-refractivity contribution >= 4 is 11.9 Å². The van der Waals surface area contributed by atoms with E-state index in [1.165, 1.54) is 123 Å². The zero-order valence-corrected chi connectivity index (χ0v) is 28.9. The highest BCUT2D eigenvalue weighted by Gasteiger charge is 2.32. The van der Waals surface area contributed by atoms with Crippen LogP contribution < -0.4 is 0 Å². The summed E-state index contributed by atoms with van der Waals surface area (Å²) in [6.45, 7) is 9.57. The van der Waals surface area contributed by atoms with Crippen LogP contribution in [0.5, 0.6) is 0 Å². The third-order valence-corrected chi connectivity index (χ3v) is 11.6. The number of carbonyl (C=O) groups excluding carboxylic acids is 2. The normalized spacial score (nSPS) is 27.8. The Morgan fingerprint density at radius 1 is 0.667 bits per heavy atom. The predicted molar refractivity (Wildman–Crippen MR) is 182 cm³/mol. The van der Waals surface area contributed by atoms with Gasteiger partial charge in [0.05, 0.1) is 37.6 Å². The first-order valence-electron chi connectivity index (χ1n) is 18.6. The van der Waals surface area contributed by atoms with Crippen molar-refractivity contribution in [2.75, 3.05) is 33.5 Å². The molecule has 0 aliphatic heterocycles. The molecule has 0 spiro atoms. The molecule has 0 bridgehead atoms. The Kier molecular flexibility index (Phi) is 17.9. The summed E-state index contributed by atoms with van der Waals surface area (Å²) in [7, 11) is 1.51. The average molecular weight is 631 g/mol. The number of ether oxygens (including phenoxy) is 3. The minimum atomic E-state index is -0.604. The van der Waals surface area contributed by atoms with Gasteiger partial charge < -0.3 is 19.3 Å². The van der Waals surface area contributed by atoms with Crippen LogP contribution in [0.3, 0.4) is 0 Å². The van der Waals surface area contributed by atoms with Gasteiger partial charge in [0.25, 0.3) is 0 Å². The van der Waals surface area contributed by atoms with Crippen LogP contribution in [-0.2, 0) is 23.8 Å². The molecule has 1 atom stereocenters. The molecule has 6 heteroatoms. The van der Waals surface area contributed by atoms with Crippen molar-refractivity contribution in [1.29, 1.82) is 0 Å². The molecule has 3 rings (SSSR count). The molecular formula is C39H66O6. The number of rotatable bonds is 20. The zero-order valence-electron chi connectivity index (χ0n) is 28.9.